The first-order chi connectivity index (χ1) is 16.0. The molecule has 0 fully saturated rings. The van der Waals surface area contributed by atoms with E-state index < -0.39 is 19.7 Å². The van der Waals surface area contributed by atoms with Crippen LogP contribution in [0.5, 0.6) is 11.5 Å². The first-order valence-electron chi connectivity index (χ1n) is 10.2. The van der Waals surface area contributed by atoms with Gasteiger partial charge in [-0.15, -0.1) is 12.4 Å². The topological polar surface area (TPSA) is 109 Å². The molecule has 4 aromatic carbocycles. The largest absolute Gasteiger partial charge is 0.508 e. The third-order valence-corrected chi connectivity index (χ3v) is 8.53. The average Bonchev–Trinajstić information content (AvgIpc) is 2.81. The zero-order valence-electron chi connectivity index (χ0n) is 19.0. The molecule has 0 saturated carbocycles. The van der Waals surface area contributed by atoms with Crippen molar-refractivity contribution in [2.45, 2.75) is 40.9 Å². The van der Waals surface area contributed by atoms with Crippen LogP contribution >= 0.6 is 12.4 Å². The van der Waals surface area contributed by atoms with Gasteiger partial charge in [-0.25, -0.2) is 16.8 Å². The molecular formula is C27H31ClO6S2. The van der Waals surface area contributed by atoms with Crippen LogP contribution in [0.1, 0.15) is 20.0 Å². The number of sulfone groups is 2. The summed E-state index contributed by atoms with van der Waals surface area (Å²) in [7, 11) is -6.97. The monoisotopic (exact) mass is 550 g/mol. The predicted octanol–water partition coefficient (Wildman–Crippen LogP) is 6.37. The molecule has 0 saturated heterocycles. The van der Waals surface area contributed by atoms with E-state index in [1.54, 1.807) is 48.5 Å². The first-order valence-corrected chi connectivity index (χ1v) is 13.2. The van der Waals surface area contributed by atoms with Gasteiger partial charge in [0, 0.05) is 1.43 Å². The normalized spacial score (nSPS) is 10.7. The van der Waals surface area contributed by atoms with Gasteiger partial charge in [0.05, 0.1) is 19.6 Å². The van der Waals surface area contributed by atoms with Crippen molar-refractivity contribution < 1.29 is 28.5 Å². The Morgan fingerprint density at radius 2 is 0.667 bits per heavy atom. The van der Waals surface area contributed by atoms with Gasteiger partial charge in [-0.3, -0.25) is 0 Å². The van der Waals surface area contributed by atoms with Crippen molar-refractivity contribution >= 4 is 32.1 Å². The van der Waals surface area contributed by atoms with Crippen LogP contribution in [-0.4, -0.2) is 27.0 Å². The van der Waals surface area contributed by atoms with E-state index in [-0.39, 0.29) is 52.3 Å². The van der Waals surface area contributed by atoms with Crippen molar-refractivity contribution in [3.63, 3.8) is 0 Å². The molecule has 36 heavy (non-hydrogen) atoms. The molecule has 0 radical (unpaired) electrons. The summed E-state index contributed by atoms with van der Waals surface area (Å²) in [4.78, 5) is 0.876. The Kier molecular flexibility index (Phi) is 10.7. The van der Waals surface area contributed by atoms with Crippen LogP contribution in [0.3, 0.4) is 0 Å². The van der Waals surface area contributed by atoms with E-state index in [0.717, 1.165) is 11.1 Å². The fourth-order valence-corrected chi connectivity index (χ4v) is 5.48. The Bertz CT molecular complexity index is 1250. The van der Waals surface area contributed by atoms with E-state index in [4.69, 9.17) is 10.2 Å². The van der Waals surface area contributed by atoms with Crippen LogP contribution in [0.15, 0.2) is 117 Å². The second-order valence-electron chi connectivity index (χ2n) is 7.62. The molecule has 0 spiro atoms. The first kappa shape index (κ1) is 30.7. The van der Waals surface area contributed by atoms with Crippen molar-refractivity contribution in [1.82, 2.24) is 0 Å². The number of aromatic hydroxyl groups is 2. The van der Waals surface area contributed by atoms with E-state index in [2.05, 4.69) is 0 Å². The van der Waals surface area contributed by atoms with Gasteiger partial charge in [0.25, 0.3) is 0 Å². The molecule has 2 N–H and O–H groups in total. The molecule has 0 aliphatic carbocycles. The van der Waals surface area contributed by atoms with Gasteiger partial charge in [0.15, 0.2) is 0 Å². The number of phenols is 2. The van der Waals surface area contributed by atoms with Crippen LogP contribution in [0.4, 0.5) is 0 Å². The summed E-state index contributed by atoms with van der Waals surface area (Å²) in [6.07, 6.45) is 0. The highest BCUT2D eigenvalue weighted by molar-refractivity contribution is 7.91. The lowest BCUT2D eigenvalue weighted by Crippen LogP contribution is -2.01. The fraction of sp³-hybridized carbons (Fsp3) is 0.111. The summed E-state index contributed by atoms with van der Waals surface area (Å²) in [5, 5.41) is 18.3. The molecule has 4 rings (SSSR count). The van der Waals surface area contributed by atoms with Gasteiger partial charge in [0.1, 0.15) is 11.5 Å². The highest BCUT2D eigenvalue weighted by Gasteiger charge is 2.17. The summed E-state index contributed by atoms with van der Waals surface area (Å²) >= 11 is 0. The summed E-state index contributed by atoms with van der Waals surface area (Å²) in [5.74, 6) is 0.0979. The van der Waals surface area contributed by atoms with Gasteiger partial charge >= 0.3 is 0 Å². The quantitative estimate of drug-likeness (QED) is 0.305. The van der Waals surface area contributed by atoms with Crippen LogP contribution in [-0.2, 0) is 19.7 Å². The molecule has 0 aromatic heterocycles. The number of hydrogen-bond acceptors (Lipinski definition) is 6. The van der Waals surface area contributed by atoms with Crippen LogP contribution in [0.2, 0.25) is 0 Å². The molecule has 0 atom stereocenters. The lowest BCUT2D eigenvalue weighted by molar-refractivity contribution is 0.474. The molecule has 4 aromatic rings. The third-order valence-electron chi connectivity index (χ3n) is 4.96. The van der Waals surface area contributed by atoms with Crippen molar-refractivity contribution in [3.05, 3.63) is 108 Å². The maximum Gasteiger partial charge on any atom is 0.206 e. The van der Waals surface area contributed by atoms with E-state index >= 15 is 0 Å². The second-order valence-corrected chi connectivity index (χ2v) is 11.5. The zero-order valence-corrected chi connectivity index (χ0v) is 21.4. The van der Waals surface area contributed by atoms with Crippen LogP contribution in [0, 0.1) is 13.8 Å². The lowest BCUT2D eigenvalue weighted by Gasteiger charge is -2.04. The molecular weight excluding hydrogens is 520 g/mol. The van der Waals surface area contributed by atoms with Gasteiger partial charge in [-0.2, -0.15) is 0 Å². The Morgan fingerprint density at radius 1 is 0.472 bits per heavy atom. The average molecular weight is 551 g/mol. The minimum Gasteiger partial charge on any atom is -0.508 e. The molecule has 0 aliphatic heterocycles. The number of rotatable bonds is 4. The van der Waals surface area contributed by atoms with Gasteiger partial charge in [0.2, 0.25) is 19.7 Å². The molecule has 6 nitrogen and oxygen atoms in total. The van der Waals surface area contributed by atoms with E-state index in [0.29, 0.717) is 0 Å². The van der Waals surface area contributed by atoms with Crippen molar-refractivity contribution in [2.75, 3.05) is 0 Å². The molecule has 194 valence electrons. The van der Waals surface area contributed by atoms with Crippen LogP contribution < -0.4 is 0 Å². The Morgan fingerprint density at radius 3 is 0.889 bits per heavy atom. The van der Waals surface area contributed by atoms with E-state index in [9.17, 15) is 16.8 Å². The minimum absolute atomic E-state index is 0. The molecule has 0 unspecified atom stereocenters. The van der Waals surface area contributed by atoms with E-state index in [1.165, 1.54) is 48.5 Å². The number of hydrogen-bond donors (Lipinski definition) is 2. The fourth-order valence-electron chi connectivity index (χ4n) is 2.96. The third kappa shape index (κ3) is 7.34. The highest BCUT2D eigenvalue weighted by atomic mass is 35.5. The Hall–Kier alpha value is -3.33. The molecule has 0 bridgehead atoms. The Labute approximate surface area is 220 Å². The molecule has 0 amide bonds. The Balaban J connectivity index is 0.000000648. The maximum absolute atomic E-state index is 12.2. The van der Waals surface area contributed by atoms with Crippen molar-refractivity contribution in [1.29, 1.82) is 0 Å². The van der Waals surface area contributed by atoms with Crippen molar-refractivity contribution in [3.8, 4) is 11.5 Å². The van der Waals surface area contributed by atoms with E-state index in [1.807, 2.05) is 13.8 Å². The second kappa shape index (κ2) is 12.6. The number of halogens is 1. The van der Waals surface area contributed by atoms with Crippen LogP contribution in [0.25, 0.3) is 0 Å². The van der Waals surface area contributed by atoms with Crippen molar-refractivity contribution in [2.24, 2.45) is 0 Å². The summed E-state index contributed by atoms with van der Waals surface area (Å²) in [5.41, 5.74) is 2.02. The smallest absolute Gasteiger partial charge is 0.206 e. The van der Waals surface area contributed by atoms with Gasteiger partial charge in [-0.05, 0) is 86.6 Å². The summed E-state index contributed by atoms with van der Waals surface area (Å²) in [6.45, 7) is 3.80. The standard InChI is InChI=1S/2C13H12O3S.CH4.ClH.H2/c2*1-10-2-6-12(7-3-10)17(15,16)13-8-4-11(14)5-9-13;;;/h2*2-9,14H,1H3;1H4;2*1H. The number of phenolic OH excluding ortho intramolecular Hbond substituents is 2. The maximum atomic E-state index is 12.2. The van der Waals surface area contributed by atoms with Gasteiger partial charge in [-0.1, -0.05) is 42.8 Å². The minimum atomic E-state index is -3.48. The summed E-state index contributed by atoms with van der Waals surface area (Å²) in [6, 6.07) is 24.4. The zero-order chi connectivity index (χ0) is 24.9. The highest BCUT2D eigenvalue weighted by Crippen LogP contribution is 2.24. The molecule has 0 heterocycles. The lowest BCUT2D eigenvalue weighted by atomic mass is 10.2. The number of benzene rings is 4. The molecule has 0 aliphatic rings. The summed E-state index contributed by atoms with van der Waals surface area (Å²) < 4.78 is 48.7. The predicted molar refractivity (Wildman–Crippen MR) is 146 cm³/mol. The van der Waals surface area contributed by atoms with Gasteiger partial charge < -0.3 is 10.2 Å². The number of aryl methyl sites for hydroxylation is 2. The SMILES string of the molecule is C.Cc1ccc(S(=O)(=O)c2ccc(O)cc2)cc1.Cc1ccc(S(=O)(=O)c2ccc(O)cc2)cc1.Cl.[HH]. The molecule has 9 heteroatoms.